The SMILES string of the molecule is CCc1cn[nH]c1NC(=O)CCOc1ccc(C)cc1C. The first-order valence-electron chi connectivity index (χ1n) is 7.12. The molecule has 0 atom stereocenters. The third-order valence-electron chi connectivity index (χ3n) is 3.28. The molecular weight excluding hydrogens is 266 g/mol. The van der Waals surface area contributed by atoms with E-state index in [-0.39, 0.29) is 5.91 Å². The average Bonchev–Trinajstić information content (AvgIpc) is 2.88. The Labute approximate surface area is 124 Å². The number of carbonyl (C=O) groups excluding carboxylic acids is 1. The van der Waals surface area contributed by atoms with Crippen molar-refractivity contribution >= 4 is 11.7 Å². The first-order valence-corrected chi connectivity index (χ1v) is 7.12. The third kappa shape index (κ3) is 4.08. The molecule has 2 N–H and O–H groups in total. The number of carbonyl (C=O) groups is 1. The maximum Gasteiger partial charge on any atom is 0.228 e. The van der Waals surface area contributed by atoms with Gasteiger partial charge in [0.05, 0.1) is 19.2 Å². The van der Waals surface area contributed by atoms with Gasteiger partial charge < -0.3 is 10.1 Å². The van der Waals surface area contributed by atoms with Crippen LogP contribution in [0.5, 0.6) is 5.75 Å². The minimum absolute atomic E-state index is 0.0845. The van der Waals surface area contributed by atoms with Crippen molar-refractivity contribution in [1.29, 1.82) is 0 Å². The van der Waals surface area contributed by atoms with Crippen molar-refractivity contribution in [2.24, 2.45) is 0 Å². The number of nitrogens with one attached hydrogen (secondary N) is 2. The summed E-state index contributed by atoms with van der Waals surface area (Å²) in [4.78, 5) is 11.9. The molecule has 1 heterocycles. The molecule has 1 amide bonds. The summed E-state index contributed by atoms with van der Waals surface area (Å²) in [6, 6.07) is 6.00. The van der Waals surface area contributed by atoms with E-state index in [0.29, 0.717) is 18.8 Å². The molecule has 0 radical (unpaired) electrons. The van der Waals surface area contributed by atoms with Gasteiger partial charge in [0.2, 0.25) is 5.91 Å². The van der Waals surface area contributed by atoms with Gasteiger partial charge in [-0.3, -0.25) is 9.89 Å². The van der Waals surface area contributed by atoms with Crippen LogP contribution < -0.4 is 10.1 Å². The molecule has 0 aliphatic heterocycles. The number of nitrogens with zero attached hydrogens (tertiary/aromatic N) is 1. The predicted octanol–water partition coefficient (Wildman–Crippen LogP) is 3.00. The zero-order valence-electron chi connectivity index (χ0n) is 12.7. The zero-order valence-corrected chi connectivity index (χ0v) is 12.7. The largest absolute Gasteiger partial charge is 0.493 e. The van der Waals surface area contributed by atoms with Gasteiger partial charge in [-0.1, -0.05) is 24.6 Å². The minimum atomic E-state index is -0.0845. The highest BCUT2D eigenvalue weighted by molar-refractivity contribution is 5.90. The Kier molecular flexibility index (Phi) is 4.98. The Hall–Kier alpha value is -2.30. The predicted molar refractivity (Wildman–Crippen MR) is 82.6 cm³/mol. The summed E-state index contributed by atoms with van der Waals surface area (Å²) in [6.45, 7) is 6.41. The summed E-state index contributed by atoms with van der Waals surface area (Å²) in [7, 11) is 0. The maximum atomic E-state index is 11.9. The Morgan fingerprint density at radius 2 is 2.19 bits per heavy atom. The van der Waals surface area contributed by atoms with E-state index in [1.165, 1.54) is 5.56 Å². The first kappa shape index (κ1) is 15.1. The van der Waals surface area contributed by atoms with Gasteiger partial charge in [0.15, 0.2) is 0 Å². The molecule has 1 aromatic carbocycles. The van der Waals surface area contributed by atoms with Crippen LogP contribution in [0.3, 0.4) is 0 Å². The number of H-pyrrole nitrogens is 1. The fourth-order valence-corrected chi connectivity index (χ4v) is 2.10. The lowest BCUT2D eigenvalue weighted by Crippen LogP contribution is -2.16. The Bertz CT molecular complexity index is 620. The second kappa shape index (κ2) is 6.92. The summed E-state index contributed by atoms with van der Waals surface area (Å²) < 4.78 is 5.65. The van der Waals surface area contributed by atoms with E-state index in [2.05, 4.69) is 21.6 Å². The molecule has 112 valence electrons. The highest BCUT2D eigenvalue weighted by Gasteiger charge is 2.08. The van der Waals surface area contributed by atoms with Crippen LogP contribution in [-0.2, 0) is 11.2 Å². The number of rotatable bonds is 6. The van der Waals surface area contributed by atoms with Crippen molar-refractivity contribution < 1.29 is 9.53 Å². The van der Waals surface area contributed by atoms with Gasteiger partial charge in [-0.25, -0.2) is 0 Å². The number of benzene rings is 1. The molecule has 0 spiro atoms. The molecule has 0 aliphatic rings. The number of hydrogen-bond donors (Lipinski definition) is 2. The number of hydrogen-bond acceptors (Lipinski definition) is 3. The molecule has 2 aromatic rings. The van der Waals surface area contributed by atoms with Crippen LogP contribution in [0.2, 0.25) is 0 Å². The number of aryl methyl sites for hydroxylation is 3. The van der Waals surface area contributed by atoms with Gasteiger partial charge in [0, 0.05) is 5.56 Å². The summed E-state index contributed by atoms with van der Waals surface area (Å²) in [5, 5.41) is 9.53. The average molecular weight is 287 g/mol. The van der Waals surface area contributed by atoms with E-state index >= 15 is 0 Å². The standard InChI is InChI=1S/C16H21N3O2/c1-4-13-10-17-19-16(13)18-15(20)7-8-21-14-6-5-11(2)9-12(14)3/h5-6,9-10H,4,7-8H2,1-3H3,(H2,17,18,19,20). The van der Waals surface area contributed by atoms with E-state index in [0.717, 1.165) is 23.3 Å². The second-order valence-corrected chi connectivity index (χ2v) is 5.04. The summed E-state index contributed by atoms with van der Waals surface area (Å²) >= 11 is 0. The fourth-order valence-electron chi connectivity index (χ4n) is 2.10. The molecule has 0 fully saturated rings. The summed E-state index contributed by atoms with van der Waals surface area (Å²) in [5.74, 6) is 1.41. The van der Waals surface area contributed by atoms with Crippen LogP contribution in [0.25, 0.3) is 0 Å². The maximum absolute atomic E-state index is 11.9. The van der Waals surface area contributed by atoms with E-state index < -0.39 is 0 Å². The Morgan fingerprint density at radius 3 is 2.90 bits per heavy atom. The van der Waals surface area contributed by atoms with Crippen LogP contribution in [0.1, 0.15) is 30.0 Å². The summed E-state index contributed by atoms with van der Waals surface area (Å²) in [6.07, 6.45) is 2.85. The van der Waals surface area contributed by atoms with Gasteiger partial charge in [-0.05, 0) is 31.9 Å². The van der Waals surface area contributed by atoms with E-state index in [1.54, 1.807) is 6.20 Å². The minimum Gasteiger partial charge on any atom is -0.493 e. The smallest absolute Gasteiger partial charge is 0.228 e. The van der Waals surface area contributed by atoms with Gasteiger partial charge in [0.25, 0.3) is 0 Å². The first-order chi connectivity index (χ1) is 10.1. The highest BCUT2D eigenvalue weighted by atomic mass is 16.5. The number of amides is 1. The normalized spacial score (nSPS) is 10.4. The van der Waals surface area contributed by atoms with Crippen molar-refractivity contribution in [3.8, 4) is 5.75 Å². The van der Waals surface area contributed by atoms with E-state index in [9.17, 15) is 4.79 Å². The molecule has 21 heavy (non-hydrogen) atoms. The van der Waals surface area contributed by atoms with Gasteiger partial charge in [-0.15, -0.1) is 0 Å². The molecule has 2 rings (SSSR count). The molecular formula is C16H21N3O2. The molecule has 0 bridgehead atoms. The molecule has 0 aliphatic carbocycles. The molecule has 0 saturated heterocycles. The zero-order chi connectivity index (χ0) is 15.2. The highest BCUT2D eigenvalue weighted by Crippen LogP contribution is 2.19. The quantitative estimate of drug-likeness (QED) is 0.858. The van der Waals surface area contributed by atoms with Crippen molar-refractivity contribution in [1.82, 2.24) is 10.2 Å². The van der Waals surface area contributed by atoms with Crippen LogP contribution in [0, 0.1) is 13.8 Å². The van der Waals surface area contributed by atoms with Crippen LogP contribution in [0.15, 0.2) is 24.4 Å². The molecule has 0 saturated carbocycles. The Balaban J connectivity index is 1.82. The van der Waals surface area contributed by atoms with Crippen molar-refractivity contribution in [2.45, 2.75) is 33.6 Å². The Morgan fingerprint density at radius 1 is 1.38 bits per heavy atom. The summed E-state index contributed by atoms with van der Waals surface area (Å²) in [5.41, 5.74) is 3.28. The fraction of sp³-hybridized carbons (Fsp3) is 0.375. The monoisotopic (exact) mass is 287 g/mol. The van der Waals surface area contributed by atoms with Crippen molar-refractivity contribution in [3.63, 3.8) is 0 Å². The molecule has 5 nitrogen and oxygen atoms in total. The lowest BCUT2D eigenvalue weighted by atomic mass is 10.1. The number of aromatic amines is 1. The van der Waals surface area contributed by atoms with Crippen LogP contribution >= 0.6 is 0 Å². The van der Waals surface area contributed by atoms with Crippen molar-refractivity contribution in [2.75, 3.05) is 11.9 Å². The number of aromatic nitrogens is 2. The second-order valence-electron chi connectivity index (χ2n) is 5.04. The van der Waals surface area contributed by atoms with Gasteiger partial charge in [0.1, 0.15) is 11.6 Å². The molecule has 0 unspecified atom stereocenters. The van der Waals surface area contributed by atoms with Gasteiger partial charge in [-0.2, -0.15) is 5.10 Å². The lowest BCUT2D eigenvalue weighted by molar-refractivity contribution is -0.116. The molecule has 5 heteroatoms. The topological polar surface area (TPSA) is 67.0 Å². The number of ether oxygens (including phenoxy) is 1. The van der Waals surface area contributed by atoms with E-state index in [1.807, 2.05) is 32.9 Å². The van der Waals surface area contributed by atoms with E-state index in [4.69, 9.17) is 4.74 Å². The molecule has 1 aromatic heterocycles. The van der Waals surface area contributed by atoms with Crippen LogP contribution in [-0.4, -0.2) is 22.7 Å². The van der Waals surface area contributed by atoms with Crippen LogP contribution in [0.4, 0.5) is 5.82 Å². The lowest BCUT2D eigenvalue weighted by Gasteiger charge is -2.10. The van der Waals surface area contributed by atoms with Gasteiger partial charge >= 0.3 is 0 Å². The number of anilines is 1. The van der Waals surface area contributed by atoms with Crippen molar-refractivity contribution in [3.05, 3.63) is 41.1 Å². The third-order valence-corrected chi connectivity index (χ3v) is 3.28.